The lowest BCUT2D eigenvalue weighted by Crippen LogP contribution is -2.24. The van der Waals surface area contributed by atoms with Crippen molar-refractivity contribution >= 4 is 23.0 Å². The number of fused-ring (bicyclic) bond motifs is 1. The van der Waals surface area contributed by atoms with E-state index in [1.165, 1.54) is 0 Å². The molecule has 0 aliphatic heterocycles. The number of para-hydroxylation sites is 1. The second kappa shape index (κ2) is 8.03. The second-order valence-electron chi connectivity index (χ2n) is 6.41. The van der Waals surface area contributed by atoms with E-state index in [-0.39, 0.29) is 23.3 Å². The average Bonchev–Trinajstić information content (AvgIpc) is 3.07. The molecule has 0 saturated heterocycles. The van der Waals surface area contributed by atoms with Crippen LogP contribution in [0.4, 0.5) is 5.69 Å². The number of hydrogen-bond donors (Lipinski definition) is 2. The molecule has 0 saturated carbocycles. The number of nitrogens with one attached hydrogen (secondary N) is 2. The molecule has 2 heterocycles. The molecule has 0 fully saturated rings. The molecular weight excluding hydrogens is 340 g/mol. The quantitative estimate of drug-likeness (QED) is 0.702. The molecule has 0 aliphatic carbocycles. The van der Waals surface area contributed by atoms with Gasteiger partial charge in [0.1, 0.15) is 0 Å². The van der Waals surface area contributed by atoms with Crippen LogP contribution in [-0.4, -0.2) is 27.7 Å². The third kappa shape index (κ3) is 3.69. The van der Waals surface area contributed by atoms with Crippen molar-refractivity contribution < 1.29 is 9.59 Å². The molecule has 0 spiro atoms. The van der Waals surface area contributed by atoms with Crippen molar-refractivity contribution in [1.29, 1.82) is 0 Å². The Hall–Kier alpha value is -3.15. The lowest BCUT2D eigenvalue weighted by Gasteiger charge is -2.12. The highest BCUT2D eigenvalue weighted by molar-refractivity contribution is 6.06. The molecule has 6 heteroatoms. The van der Waals surface area contributed by atoms with E-state index in [0.29, 0.717) is 12.1 Å². The first-order valence-electron chi connectivity index (χ1n) is 9.21. The smallest absolute Gasteiger partial charge is 0.292 e. The number of aromatic nitrogens is 2. The summed E-state index contributed by atoms with van der Waals surface area (Å²) in [7, 11) is 0. The standard InChI is InChI=1S/C21H24N4O2/c1-4-12-22-20(26)18-16-11-6-7-13-25(16)19(23-18)21(27)24-17-14(3)9-8-10-15(17)5-2/h6-11,13H,4-5,12H2,1-3H3,(H,22,26)(H,24,27). The molecule has 2 aromatic heterocycles. The molecular formula is C21H24N4O2. The van der Waals surface area contributed by atoms with Crippen LogP contribution in [-0.2, 0) is 6.42 Å². The minimum absolute atomic E-state index is 0.192. The van der Waals surface area contributed by atoms with Gasteiger partial charge in [-0.15, -0.1) is 0 Å². The average molecular weight is 364 g/mol. The summed E-state index contributed by atoms with van der Waals surface area (Å²) in [6, 6.07) is 11.4. The molecule has 0 unspecified atom stereocenters. The summed E-state index contributed by atoms with van der Waals surface area (Å²) in [6.45, 7) is 6.56. The van der Waals surface area contributed by atoms with Crippen LogP contribution >= 0.6 is 0 Å². The summed E-state index contributed by atoms with van der Waals surface area (Å²) in [4.78, 5) is 29.8. The molecule has 3 aromatic rings. The van der Waals surface area contributed by atoms with E-state index in [2.05, 4.69) is 15.6 Å². The largest absolute Gasteiger partial charge is 0.351 e. The van der Waals surface area contributed by atoms with Gasteiger partial charge in [0.2, 0.25) is 5.82 Å². The van der Waals surface area contributed by atoms with Crippen molar-refractivity contribution in [3.63, 3.8) is 0 Å². The third-order valence-electron chi connectivity index (χ3n) is 4.48. The Kier molecular flexibility index (Phi) is 5.54. The van der Waals surface area contributed by atoms with Crippen LogP contribution in [0.5, 0.6) is 0 Å². The van der Waals surface area contributed by atoms with Crippen LogP contribution in [0.15, 0.2) is 42.6 Å². The summed E-state index contributed by atoms with van der Waals surface area (Å²) in [6.07, 6.45) is 3.38. The Morgan fingerprint density at radius 2 is 1.89 bits per heavy atom. The van der Waals surface area contributed by atoms with Crippen LogP contribution in [0.2, 0.25) is 0 Å². The highest BCUT2D eigenvalue weighted by Crippen LogP contribution is 2.22. The highest BCUT2D eigenvalue weighted by Gasteiger charge is 2.22. The number of imidazole rings is 1. The van der Waals surface area contributed by atoms with Crippen molar-refractivity contribution in [2.45, 2.75) is 33.6 Å². The number of aryl methyl sites for hydroxylation is 2. The molecule has 1 aromatic carbocycles. The zero-order valence-corrected chi connectivity index (χ0v) is 15.9. The number of pyridine rings is 1. The summed E-state index contributed by atoms with van der Waals surface area (Å²) in [5, 5.41) is 5.80. The number of carbonyl (C=O) groups excluding carboxylic acids is 2. The van der Waals surface area contributed by atoms with Gasteiger partial charge in [0, 0.05) is 18.4 Å². The van der Waals surface area contributed by atoms with E-state index in [4.69, 9.17) is 0 Å². The topological polar surface area (TPSA) is 75.5 Å². The molecule has 2 amide bonds. The predicted octanol–water partition coefficient (Wildman–Crippen LogP) is 3.60. The zero-order valence-electron chi connectivity index (χ0n) is 15.9. The first-order valence-corrected chi connectivity index (χ1v) is 9.21. The molecule has 0 aliphatic rings. The highest BCUT2D eigenvalue weighted by atomic mass is 16.2. The number of nitrogens with zero attached hydrogens (tertiary/aromatic N) is 2. The van der Waals surface area contributed by atoms with Gasteiger partial charge >= 0.3 is 0 Å². The van der Waals surface area contributed by atoms with E-state index in [1.54, 1.807) is 16.7 Å². The Morgan fingerprint density at radius 1 is 1.07 bits per heavy atom. The van der Waals surface area contributed by atoms with Crippen LogP contribution in [0.25, 0.3) is 5.52 Å². The maximum atomic E-state index is 13.0. The Balaban J connectivity index is 2.00. The Morgan fingerprint density at radius 3 is 2.63 bits per heavy atom. The number of carbonyl (C=O) groups is 2. The normalized spacial score (nSPS) is 10.8. The Labute approximate surface area is 158 Å². The van der Waals surface area contributed by atoms with Gasteiger partial charge in [-0.2, -0.15) is 0 Å². The maximum absolute atomic E-state index is 13.0. The minimum atomic E-state index is -0.338. The fourth-order valence-electron chi connectivity index (χ4n) is 3.06. The number of benzene rings is 1. The molecule has 27 heavy (non-hydrogen) atoms. The molecule has 0 radical (unpaired) electrons. The third-order valence-corrected chi connectivity index (χ3v) is 4.48. The van der Waals surface area contributed by atoms with E-state index in [1.807, 2.05) is 51.1 Å². The van der Waals surface area contributed by atoms with Gasteiger partial charge in [-0.3, -0.25) is 14.0 Å². The number of hydrogen-bond acceptors (Lipinski definition) is 3. The first kappa shape index (κ1) is 18.6. The minimum Gasteiger partial charge on any atom is -0.351 e. The van der Waals surface area contributed by atoms with Crippen molar-refractivity contribution in [1.82, 2.24) is 14.7 Å². The van der Waals surface area contributed by atoms with Crippen molar-refractivity contribution in [2.24, 2.45) is 0 Å². The summed E-state index contributed by atoms with van der Waals surface area (Å²) in [5.74, 6) is -0.419. The fourth-order valence-corrected chi connectivity index (χ4v) is 3.06. The van der Waals surface area contributed by atoms with Gasteiger partial charge < -0.3 is 10.6 Å². The van der Waals surface area contributed by atoms with E-state index in [0.717, 1.165) is 29.7 Å². The zero-order chi connectivity index (χ0) is 19.4. The van der Waals surface area contributed by atoms with Gasteiger partial charge in [0.05, 0.1) is 5.52 Å². The van der Waals surface area contributed by atoms with Crippen LogP contribution in [0, 0.1) is 6.92 Å². The van der Waals surface area contributed by atoms with E-state index in [9.17, 15) is 9.59 Å². The van der Waals surface area contributed by atoms with Gasteiger partial charge in [-0.1, -0.05) is 38.1 Å². The molecule has 140 valence electrons. The van der Waals surface area contributed by atoms with Gasteiger partial charge in [-0.05, 0) is 43.0 Å². The molecule has 0 atom stereocenters. The molecule has 2 N–H and O–H groups in total. The van der Waals surface area contributed by atoms with Gasteiger partial charge in [0.15, 0.2) is 5.69 Å². The molecule has 3 rings (SSSR count). The van der Waals surface area contributed by atoms with E-state index >= 15 is 0 Å². The first-order chi connectivity index (χ1) is 13.1. The van der Waals surface area contributed by atoms with Crippen molar-refractivity contribution in [3.8, 4) is 0 Å². The molecule has 0 bridgehead atoms. The van der Waals surface area contributed by atoms with Gasteiger partial charge in [0.25, 0.3) is 11.8 Å². The van der Waals surface area contributed by atoms with Crippen LogP contribution in [0.1, 0.15) is 52.5 Å². The SMILES string of the molecule is CCCNC(=O)c1nc(C(=O)Nc2c(C)cccc2CC)n2ccccc12. The summed E-state index contributed by atoms with van der Waals surface area (Å²) < 4.78 is 1.65. The van der Waals surface area contributed by atoms with Crippen molar-refractivity contribution in [2.75, 3.05) is 11.9 Å². The van der Waals surface area contributed by atoms with Crippen molar-refractivity contribution in [3.05, 3.63) is 65.2 Å². The second-order valence-corrected chi connectivity index (χ2v) is 6.41. The monoisotopic (exact) mass is 364 g/mol. The maximum Gasteiger partial charge on any atom is 0.292 e. The lowest BCUT2D eigenvalue weighted by molar-refractivity contribution is 0.0951. The Bertz CT molecular complexity index is 991. The number of rotatable bonds is 6. The van der Waals surface area contributed by atoms with E-state index < -0.39 is 0 Å². The van der Waals surface area contributed by atoms with Crippen LogP contribution in [0.3, 0.4) is 0 Å². The molecule has 6 nitrogen and oxygen atoms in total. The lowest BCUT2D eigenvalue weighted by atomic mass is 10.1. The number of anilines is 1. The predicted molar refractivity (Wildman–Crippen MR) is 106 cm³/mol. The van der Waals surface area contributed by atoms with Crippen LogP contribution < -0.4 is 10.6 Å². The van der Waals surface area contributed by atoms with Gasteiger partial charge in [-0.25, -0.2) is 4.98 Å². The summed E-state index contributed by atoms with van der Waals surface area (Å²) >= 11 is 0. The fraction of sp³-hybridized carbons (Fsp3) is 0.286. The summed E-state index contributed by atoms with van der Waals surface area (Å²) in [5.41, 5.74) is 3.72. The number of amides is 2.